The average Bonchev–Trinajstić information content (AvgIpc) is 2.38. The normalized spacial score (nSPS) is 31.9. The molecule has 104 valence electrons. The van der Waals surface area contributed by atoms with Crippen LogP contribution in [0, 0.1) is 5.41 Å². The Labute approximate surface area is 111 Å². The Hall–Kier alpha value is -0.570. The van der Waals surface area contributed by atoms with Gasteiger partial charge in [0, 0.05) is 12.5 Å². The average molecular weight is 253 g/mol. The summed E-state index contributed by atoms with van der Waals surface area (Å²) in [7, 11) is 1.89. The van der Waals surface area contributed by atoms with Crippen LogP contribution in [0.3, 0.4) is 0 Å². The maximum absolute atomic E-state index is 12.7. The van der Waals surface area contributed by atoms with Gasteiger partial charge < -0.3 is 10.0 Å². The highest BCUT2D eigenvalue weighted by atomic mass is 16.3. The third-order valence-electron chi connectivity index (χ3n) is 4.99. The molecule has 2 saturated carbocycles. The molecule has 0 aromatic heterocycles. The molecule has 0 heterocycles. The van der Waals surface area contributed by atoms with E-state index in [0.29, 0.717) is 0 Å². The van der Waals surface area contributed by atoms with Crippen molar-refractivity contribution in [2.45, 2.75) is 76.9 Å². The van der Waals surface area contributed by atoms with Gasteiger partial charge in [-0.1, -0.05) is 39.0 Å². The molecule has 0 bridgehead atoms. The van der Waals surface area contributed by atoms with Crippen molar-refractivity contribution in [2.24, 2.45) is 5.41 Å². The first-order chi connectivity index (χ1) is 8.54. The molecule has 2 rings (SSSR count). The van der Waals surface area contributed by atoms with E-state index in [4.69, 9.17) is 0 Å². The van der Waals surface area contributed by atoms with E-state index >= 15 is 0 Å². The molecule has 1 N–H and O–H groups in total. The zero-order chi connectivity index (χ0) is 13.2. The summed E-state index contributed by atoms with van der Waals surface area (Å²) in [6, 6.07) is 0.0463. The smallest absolute Gasteiger partial charge is 0.228 e. The van der Waals surface area contributed by atoms with Crippen LogP contribution in [0.5, 0.6) is 0 Å². The third-order valence-corrected chi connectivity index (χ3v) is 4.99. The molecule has 3 heteroatoms. The second kappa shape index (κ2) is 5.60. The molecule has 0 aromatic rings. The molecule has 0 spiro atoms. The third kappa shape index (κ3) is 2.71. The summed E-state index contributed by atoms with van der Waals surface area (Å²) in [4.78, 5) is 14.5. The fourth-order valence-electron chi connectivity index (χ4n) is 3.67. The van der Waals surface area contributed by atoms with Crippen molar-refractivity contribution in [3.05, 3.63) is 0 Å². The van der Waals surface area contributed by atoms with Gasteiger partial charge in [-0.15, -0.1) is 0 Å². The molecule has 3 nitrogen and oxygen atoms in total. The van der Waals surface area contributed by atoms with Crippen molar-refractivity contribution < 1.29 is 9.90 Å². The van der Waals surface area contributed by atoms with Crippen molar-refractivity contribution in [3.8, 4) is 0 Å². The number of rotatable bonds is 2. The van der Waals surface area contributed by atoms with Gasteiger partial charge in [0.05, 0.1) is 12.1 Å². The Morgan fingerprint density at radius 3 is 2.33 bits per heavy atom. The minimum absolute atomic E-state index is 0.0463. The first-order valence-electron chi connectivity index (χ1n) is 7.50. The van der Waals surface area contributed by atoms with Gasteiger partial charge >= 0.3 is 0 Å². The second-order valence-corrected chi connectivity index (χ2v) is 6.46. The highest BCUT2D eigenvalue weighted by Crippen LogP contribution is 2.38. The van der Waals surface area contributed by atoms with Crippen molar-refractivity contribution in [2.75, 3.05) is 7.05 Å². The molecule has 2 aliphatic carbocycles. The SMILES string of the molecule is CN(C(=O)C1(C)CCCCC1)C1CCCCC1O. The maximum Gasteiger partial charge on any atom is 0.228 e. The lowest BCUT2D eigenvalue weighted by Gasteiger charge is -2.41. The molecule has 18 heavy (non-hydrogen) atoms. The fourth-order valence-corrected chi connectivity index (χ4v) is 3.67. The zero-order valence-corrected chi connectivity index (χ0v) is 11.8. The van der Waals surface area contributed by atoms with E-state index in [2.05, 4.69) is 6.92 Å². The predicted octanol–water partition coefficient (Wildman–Crippen LogP) is 2.72. The lowest BCUT2D eigenvalue weighted by Crippen LogP contribution is -2.51. The number of hydrogen-bond donors (Lipinski definition) is 1. The standard InChI is InChI=1S/C15H27NO2/c1-15(10-6-3-7-11-15)14(18)16(2)12-8-4-5-9-13(12)17/h12-13,17H,3-11H2,1-2H3. The summed E-state index contributed by atoms with van der Waals surface area (Å²) in [5, 5.41) is 10.1. The molecule has 1 amide bonds. The van der Waals surface area contributed by atoms with Gasteiger partial charge in [-0.2, -0.15) is 0 Å². The number of aliphatic hydroxyl groups is 1. The van der Waals surface area contributed by atoms with Gasteiger partial charge in [0.15, 0.2) is 0 Å². The van der Waals surface area contributed by atoms with Crippen LogP contribution in [-0.4, -0.2) is 35.1 Å². The first kappa shape index (κ1) is 13.9. The number of nitrogens with zero attached hydrogens (tertiary/aromatic N) is 1. The molecule has 2 unspecified atom stereocenters. The molecule has 2 atom stereocenters. The molecule has 2 fully saturated rings. The topological polar surface area (TPSA) is 40.5 Å². The van der Waals surface area contributed by atoms with E-state index < -0.39 is 0 Å². The van der Waals surface area contributed by atoms with Crippen LogP contribution in [0.4, 0.5) is 0 Å². The number of carbonyl (C=O) groups is 1. The highest BCUT2D eigenvalue weighted by Gasteiger charge is 2.40. The summed E-state index contributed by atoms with van der Waals surface area (Å²) in [6.45, 7) is 2.11. The molecule has 0 saturated heterocycles. The van der Waals surface area contributed by atoms with Crippen LogP contribution >= 0.6 is 0 Å². The highest BCUT2D eigenvalue weighted by molar-refractivity contribution is 5.82. The number of likely N-dealkylation sites (N-methyl/N-ethyl adjacent to an activating group) is 1. The van der Waals surface area contributed by atoms with Crippen LogP contribution in [0.1, 0.15) is 64.7 Å². The van der Waals surface area contributed by atoms with Crippen molar-refractivity contribution in [1.29, 1.82) is 0 Å². The Morgan fingerprint density at radius 2 is 1.72 bits per heavy atom. The summed E-state index contributed by atoms with van der Waals surface area (Å²) < 4.78 is 0. The molecule has 0 aliphatic heterocycles. The summed E-state index contributed by atoms with van der Waals surface area (Å²) in [5.74, 6) is 0.258. The molecular weight excluding hydrogens is 226 g/mol. The van der Waals surface area contributed by atoms with E-state index in [1.807, 2.05) is 11.9 Å². The number of amides is 1. The monoisotopic (exact) mass is 253 g/mol. The quantitative estimate of drug-likeness (QED) is 0.822. The number of hydrogen-bond acceptors (Lipinski definition) is 2. The van der Waals surface area contributed by atoms with Crippen molar-refractivity contribution >= 4 is 5.91 Å². The summed E-state index contributed by atoms with van der Waals surface area (Å²) in [5.41, 5.74) is -0.176. The number of aliphatic hydroxyl groups excluding tert-OH is 1. The largest absolute Gasteiger partial charge is 0.391 e. The van der Waals surface area contributed by atoms with Gasteiger partial charge in [-0.25, -0.2) is 0 Å². The van der Waals surface area contributed by atoms with Crippen molar-refractivity contribution in [3.63, 3.8) is 0 Å². The Kier molecular flexibility index (Phi) is 4.31. The Morgan fingerprint density at radius 1 is 1.11 bits per heavy atom. The van der Waals surface area contributed by atoms with Crippen LogP contribution in [0.2, 0.25) is 0 Å². The summed E-state index contributed by atoms with van der Waals surface area (Å²) in [6.07, 6.45) is 9.34. The molecule has 0 radical (unpaired) electrons. The number of carbonyl (C=O) groups excluding carboxylic acids is 1. The Bertz CT molecular complexity index is 297. The minimum Gasteiger partial charge on any atom is -0.391 e. The lowest BCUT2D eigenvalue weighted by molar-refractivity contribution is -0.147. The van der Waals surface area contributed by atoms with E-state index in [9.17, 15) is 9.90 Å². The maximum atomic E-state index is 12.7. The zero-order valence-electron chi connectivity index (χ0n) is 11.8. The van der Waals surface area contributed by atoms with Gasteiger partial charge in [-0.3, -0.25) is 4.79 Å². The van der Waals surface area contributed by atoms with Gasteiger partial charge in [0.25, 0.3) is 0 Å². The van der Waals surface area contributed by atoms with Crippen LogP contribution in [0.25, 0.3) is 0 Å². The van der Waals surface area contributed by atoms with E-state index in [0.717, 1.165) is 38.5 Å². The van der Waals surface area contributed by atoms with E-state index in [1.165, 1.54) is 19.3 Å². The molecule has 2 aliphatic rings. The van der Waals surface area contributed by atoms with E-state index in [1.54, 1.807) is 0 Å². The Balaban J connectivity index is 2.02. The predicted molar refractivity (Wildman–Crippen MR) is 72.2 cm³/mol. The van der Waals surface area contributed by atoms with Gasteiger partial charge in [0.2, 0.25) is 5.91 Å². The fraction of sp³-hybridized carbons (Fsp3) is 0.933. The van der Waals surface area contributed by atoms with Crippen LogP contribution in [0.15, 0.2) is 0 Å². The van der Waals surface area contributed by atoms with Gasteiger partial charge in [-0.05, 0) is 25.7 Å². The second-order valence-electron chi connectivity index (χ2n) is 6.46. The molecule has 0 aromatic carbocycles. The van der Waals surface area contributed by atoms with Crippen LogP contribution in [-0.2, 0) is 4.79 Å². The van der Waals surface area contributed by atoms with Gasteiger partial charge in [0.1, 0.15) is 0 Å². The summed E-state index contributed by atoms with van der Waals surface area (Å²) >= 11 is 0. The molecular formula is C15H27NO2. The van der Waals surface area contributed by atoms with E-state index in [-0.39, 0.29) is 23.5 Å². The van der Waals surface area contributed by atoms with Crippen LogP contribution < -0.4 is 0 Å². The minimum atomic E-state index is -0.320. The van der Waals surface area contributed by atoms with Crippen molar-refractivity contribution in [1.82, 2.24) is 4.90 Å². The lowest BCUT2D eigenvalue weighted by atomic mass is 9.74. The first-order valence-corrected chi connectivity index (χ1v) is 7.50.